The predicted molar refractivity (Wildman–Crippen MR) is 114 cm³/mol. The Balaban J connectivity index is 2.00. The molecule has 0 saturated carbocycles. The van der Waals surface area contributed by atoms with Gasteiger partial charge in [-0.05, 0) is 54.3 Å². The molecule has 4 aromatic rings. The number of primary amides is 1. The lowest BCUT2D eigenvalue weighted by Crippen LogP contribution is -2.11. The quantitative estimate of drug-likeness (QED) is 0.552. The fourth-order valence-electron chi connectivity index (χ4n) is 3.91. The normalized spacial score (nSPS) is 11.4. The first kappa shape index (κ1) is 18.3. The van der Waals surface area contributed by atoms with Crippen LogP contribution in [0.15, 0.2) is 54.6 Å². The molecule has 0 aliphatic heterocycles. The van der Waals surface area contributed by atoms with E-state index in [1.807, 2.05) is 12.1 Å². The molecule has 1 heterocycles. The van der Waals surface area contributed by atoms with Crippen LogP contribution in [-0.4, -0.2) is 17.6 Å². The van der Waals surface area contributed by atoms with E-state index < -0.39 is 5.91 Å². The first-order valence-corrected chi connectivity index (χ1v) is 9.38. The zero-order valence-corrected chi connectivity index (χ0v) is 16.5. The molecule has 28 heavy (non-hydrogen) atoms. The number of hydrogen-bond donors (Lipinski definition) is 1. The van der Waals surface area contributed by atoms with E-state index in [9.17, 15) is 4.79 Å². The lowest BCUT2D eigenvalue weighted by Gasteiger charge is -2.11. The Kier molecular flexibility index (Phi) is 4.65. The maximum absolute atomic E-state index is 12.1. The summed E-state index contributed by atoms with van der Waals surface area (Å²) >= 11 is 0. The van der Waals surface area contributed by atoms with Crippen LogP contribution >= 0.6 is 0 Å². The monoisotopic (exact) mass is 372 g/mol. The number of aryl methyl sites for hydroxylation is 2. The summed E-state index contributed by atoms with van der Waals surface area (Å²) < 4.78 is 7.58. The van der Waals surface area contributed by atoms with Gasteiger partial charge in [-0.15, -0.1) is 0 Å². The van der Waals surface area contributed by atoms with Gasteiger partial charge in [0.05, 0.1) is 12.1 Å². The molecule has 0 aliphatic carbocycles. The number of fused-ring (bicyclic) bond motifs is 3. The van der Waals surface area contributed by atoms with Gasteiger partial charge in [0.1, 0.15) is 0 Å². The molecule has 1 aromatic heterocycles. The van der Waals surface area contributed by atoms with Gasteiger partial charge in [-0.1, -0.05) is 36.4 Å². The number of methoxy groups -OCH3 is 1. The highest BCUT2D eigenvalue weighted by atomic mass is 16.5. The molecule has 1 amide bonds. The van der Waals surface area contributed by atoms with Gasteiger partial charge >= 0.3 is 0 Å². The van der Waals surface area contributed by atoms with Gasteiger partial charge in [0, 0.05) is 35.5 Å². The standard InChI is InChI=1S/C24H24N2O2/c1-15-7-8-17(11-16(15)2)13-26-21-6-4-5-20(24(25)27)23(21)19-10-9-18(14-28-3)12-22(19)26/h4-12H,13-14H2,1-3H3,(H2,25,27). The molecular weight excluding hydrogens is 348 g/mol. The molecule has 0 saturated heterocycles. The van der Waals surface area contributed by atoms with Crippen molar-refractivity contribution in [1.82, 2.24) is 4.57 Å². The molecule has 0 fully saturated rings. The predicted octanol–water partition coefficient (Wildman–Crippen LogP) is 4.70. The Bertz CT molecular complexity index is 1200. The van der Waals surface area contributed by atoms with Gasteiger partial charge in [0.15, 0.2) is 0 Å². The number of nitrogens with two attached hydrogens (primary N) is 1. The van der Waals surface area contributed by atoms with Gasteiger partial charge < -0.3 is 15.0 Å². The summed E-state index contributed by atoms with van der Waals surface area (Å²) in [5, 5.41) is 1.95. The van der Waals surface area contributed by atoms with Crippen molar-refractivity contribution in [1.29, 1.82) is 0 Å². The number of ether oxygens (including phenoxy) is 1. The Morgan fingerprint density at radius 3 is 2.46 bits per heavy atom. The second-order valence-electron chi connectivity index (χ2n) is 7.35. The first-order valence-electron chi connectivity index (χ1n) is 9.38. The molecule has 0 spiro atoms. The maximum Gasteiger partial charge on any atom is 0.249 e. The minimum absolute atomic E-state index is 0.406. The third-order valence-electron chi connectivity index (χ3n) is 5.44. The van der Waals surface area contributed by atoms with E-state index in [1.54, 1.807) is 13.2 Å². The summed E-state index contributed by atoms with van der Waals surface area (Å²) in [5.41, 5.74) is 13.2. The fraction of sp³-hybridized carbons (Fsp3) is 0.208. The van der Waals surface area contributed by atoms with Crippen LogP contribution in [-0.2, 0) is 17.9 Å². The minimum Gasteiger partial charge on any atom is -0.380 e. The third kappa shape index (κ3) is 3.06. The van der Waals surface area contributed by atoms with Crippen LogP contribution in [0, 0.1) is 13.8 Å². The fourth-order valence-corrected chi connectivity index (χ4v) is 3.91. The zero-order chi connectivity index (χ0) is 19.8. The molecule has 4 heteroatoms. The Labute approximate surface area is 164 Å². The largest absolute Gasteiger partial charge is 0.380 e. The van der Waals surface area contributed by atoms with Crippen LogP contribution in [0.25, 0.3) is 21.8 Å². The summed E-state index contributed by atoms with van der Waals surface area (Å²) in [5.74, 6) is -0.406. The minimum atomic E-state index is -0.406. The van der Waals surface area contributed by atoms with E-state index in [2.05, 4.69) is 54.8 Å². The molecule has 2 N–H and O–H groups in total. The molecule has 142 valence electrons. The third-order valence-corrected chi connectivity index (χ3v) is 5.44. The average molecular weight is 372 g/mol. The van der Waals surface area contributed by atoms with Crippen molar-refractivity contribution in [2.45, 2.75) is 27.0 Å². The molecule has 0 atom stereocenters. The maximum atomic E-state index is 12.1. The van der Waals surface area contributed by atoms with Gasteiger partial charge in [-0.25, -0.2) is 0 Å². The van der Waals surface area contributed by atoms with Crippen molar-refractivity contribution in [3.63, 3.8) is 0 Å². The molecule has 0 unspecified atom stereocenters. The van der Waals surface area contributed by atoms with E-state index in [0.29, 0.717) is 12.2 Å². The highest BCUT2D eigenvalue weighted by molar-refractivity contribution is 6.17. The van der Waals surface area contributed by atoms with E-state index in [0.717, 1.165) is 33.9 Å². The number of amides is 1. The van der Waals surface area contributed by atoms with Crippen molar-refractivity contribution in [3.05, 3.63) is 82.4 Å². The highest BCUT2D eigenvalue weighted by Gasteiger charge is 2.17. The SMILES string of the molecule is COCc1ccc2c3c(C(N)=O)cccc3n(Cc3ccc(C)c(C)c3)c2c1. The van der Waals surface area contributed by atoms with Crippen LogP contribution in [0.2, 0.25) is 0 Å². The summed E-state index contributed by atoms with van der Waals surface area (Å²) in [4.78, 5) is 12.1. The number of benzene rings is 3. The van der Waals surface area contributed by atoms with E-state index >= 15 is 0 Å². The lowest BCUT2D eigenvalue weighted by atomic mass is 10.0. The number of rotatable bonds is 5. The summed E-state index contributed by atoms with van der Waals surface area (Å²) in [6.07, 6.45) is 0. The Morgan fingerprint density at radius 2 is 1.75 bits per heavy atom. The summed E-state index contributed by atoms with van der Waals surface area (Å²) in [6.45, 7) is 5.52. The topological polar surface area (TPSA) is 57.2 Å². The second-order valence-corrected chi connectivity index (χ2v) is 7.35. The van der Waals surface area contributed by atoms with Crippen LogP contribution < -0.4 is 5.73 Å². The summed E-state index contributed by atoms with van der Waals surface area (Å²) in [7, 11) is 1.69. The number of nitrogens with zero attached hydrogens (tertiary/aromatic N) is 1. The van der Waals surface area contributed by atoms with E-state index in [4.69, 9.17) is 10.5 Å². The van der Waals surface area contributed by atoms with Crippen molar-refractivity contribution >= 4 is 27.7 Å². The molecule has 0 radical (unpaired) electrons. The smallest absolute Gasteiger partial charge is 0.249 e. The Hall–Kier alpha value is -3.11. The number of hydrogen-bond acceptors (Lipinski definition) is 2. The van der Waals surface area contributed by atoms with Crippen LogP contribution in [0.1, 0.15) is 32.6 Å². The van der Waals surface area contributed by atoms with Crippen LogP contribution in [0.5, 0.6) is 0 Å². The van der Waals surface area contributed by atoms with Gasteiger partial charge in [-0.2, -0.15) is 0 Å². The molecule has 0 aliphatic rings. The zero-order valence-electron chi connectivity index (χ0n) is 16.5. The van der Waals surface area contributed by atoms with Gasteiger partial charge in [0.25, 0.3) is 0 Å². The molecule has 4 rings (SSSR count). The number of aromatic nitrogens is 1. The van der Waals surface area contributed by atoms with E-state index in [1.165, 1.54) is 16.7 Å². The number of carbonyl (C=O) groups is 1. The molecule has 0 bridgehead atoms. The van der Waals surface area contributed by atoms with Crippen LogP contribution in [0.4, 0.5) is 0 Å². The Morgan fingerprint density at radius 1 is 0.964 bits per heavy atom. The van der Waals surface area contributed by atoms with Crippen molar-refractivity contribution < 1.29 is 9.53 Å². The van der Waals surface area contributed by atoms with Crippen molar-refractivity contribution in [2.24, 2.45) is 5.73 Å². The van der Waals surface area contributed by atoms with Crippen molar-refractivity contribution in [3.8, 4) is 0 Å². The van der Waals surface area contributed by atoms with Crippen LogP contribution in [0.3, 0.4) is 0 Å². The molecule has 4 nitrogen and oxygen atoms in total. The van der Waals surface area contributed by atoms with Gasteiger partial charge in [0.2, 0.25) is 5.91 Å². The summed E-state index contributed by atoms with van der Waals surface area (Å²) in [6, 6.07) is 18.6. The van der Waals surface area contributed by atoms with Crippen molar-refractivity contribution in [2.75, 3.05) is 7.11 Å². The second kappa shape index (κ2) is 7.13. The lowest BCUT2D eigenvalue weighted by molar-refractivity contribution is 0.100. The highest BCUT2D eigenvalue weighted by Crippen LogP contribution is 2.33. The van der Waals surface area contributed by atoms with E-state index in [-0.39, 0.29) is 0 Å². The number of carbonyl (C=O) groups excluding carboxylic acids is 1. The molecule has 3 aromatic carbocycles. The average Bonchev–Trinajstić information content (AvgIpc) is 2.98. The molecular formula is C24H24N2O2. The first-order chi connectivity index (χ1) is 13.5. The van der Waals surface area contributed by atoms with Gasteiger partial charge in [-0.3, -0.25) is 4.79 Å².